The zero-order valence-corrected chi connectivity index (χ0v) is 9.86. The molecule has 0 aromatic heterocycles. The third-order valence-electron chi connectivity index (χ3n) is 2.44. The highest BCUT2D eigenvalue weighted by molar-refractivity contribution is 5.76. The molecule has 0 aliphatic heterocycles. The maximum absolute atomic E-state index is 11.6. The molecular formula is C11H18N2O3. The SMILES string of the molecule is C#CCN(CC)C(=O)NC(C)C(C)C(=O)O. The Kier molecular flexibility index (Phi) is 6.01. The molecule has 0 saturated carbocycles. The lowest BCUT2D eigenvalue weighted by atomic mass is 10.0. The van der Waals surface area contributed by atoms with E-state index in [1.807, 2.05) is 6.92 Å². The summed E-state index contributed by atoms with van der Waals surface area (Å²) in [7, 11) is 0. The molecule has 5 nitrogen and oxygen atoms in total. The number of carbonyl (C=O) groups is 2. The molecule has 2 atom stereocenters. The first-order chi connectivity index (χ1) is 7.43. The van der Waals surface area contributed by atoms with E-state index >= 15 is 0 Å². The molecule has 0 aliphatic carbocycles. The molecule has 0 bridgehead atoms. The van der Waals surface area contributed by atoms with E-state index in [9.17, 15) is 9.59 Å². The molecule has 0 saturated heterocycles. The Bertz CT molecular complexity index is 296. The molecule has 0 aromatic rings. The van der Waals surface area contributed by atoms with E-state index < -0.39 is 17.9 Å². The van der Waals surface area contributed by atoms with Gasteiger partial charge in [0.15, 0.2) is 0 Å². The molecule has 0 radical (unpaired) electrons. The number of carboxylic acid groups (broad SMARTS) is 1. The number of hydrogen-bond acceptors (Lipinski definition) is 2. The molecule has 2 unspecified atom stereocenters. The van der Waals surface area contributed by atoms with E-state index in [4.69, 9.17) is 11.5 Å². The van der Waals surface area contributed by atoms with Crippen molar-refractivity contribution in [1.82, 2.24) is 10.2 Å². The van der Waals surface area contributed by atoms with Gasteiger partial charge in [0.2, 0.25) is 0 Å². The second-order valence-corrected chi connectivity index (χ2v) is 3.58. The standard InChI is InChI=1S/C11H18N2O3/c1-5-7-13(6-2)11(16)12-9(4)8(3)10(14)15/h1,8-9H,6-7H2,2-4H3,(H,12,16)(H,14,15). The van der Waals surface area contributed by atoms with Crippen LogP contribution in [0.15, 0.2) is 0 Å². The van der Waals surface area contributed by atoms with Crippen molar-refractivity contribution in [3.8, 4) is 12.3 Å². The largest absolute Gasteiger partial charge is 0.481 e. The van der Waals surface area contributed by atoms with Gasteiger partial charge in [-0.25, -0.2) is 4.79 Å². The van der Waals surface area contributed by atoms with E-state index in [1.165, 1.54) is 4.90 Å². The minimum absolute atomic E-state index is 0.219. The zero-order valence-electron chi connectivity index (χ0n) is 9.86. The Morgan fingerprint density at radius 2 is 2.06 bits per heavy atom. The first kappa shape index (κ1) is 14.3. The van der Waals surface area contributed by atoms with Gasteiger partial charge >= 0.3 is 12.0 Å². The van der Waals surface area contributed by atoms with Crippen LogP contribution in [-0.4, -0.2) is 41.1 Å². The third-order valence-corrected chi connectivity index (χ3v) is 2.44. The normalized spacial score (nSPS) is 13.4. The molecule has 0 aromatic carbocycles. The molecular weight excluding hydrogens is 208 g/mol. The maximum Gasteiger partial charge on any atom is 0.318 e. The Labute approximate surface area is 95.8 Å². The number of hydrogen-bond donors (Lipinski definition) is 2. The summed E-state index contributed by atoms with van der Waals surface area (Å²) < 4.78 is 0. The van der Waals surface area contributed by atoms with Crippen LogP contribution in [0.3, 0.4) is 0 Å². The Morgan fingerprint density at radius 3 is 2.44 bits per heavy atom. The van der Waals surface area contributed by atoms with Crippen LogP contribution in [0.1, 0.15) is 20.8 Å². The topological polar surface area (TPSA) is 69.6 Å². The summed E-state index contributed by atoms with van der Waals surface area (Å²) in [4.78, 5) is 23.8. The molecule has 0 rings (SSSR count). The van der Waals surface area contributed by atoms with Gasteiger partial charge in [-0.3, -0.25) is 4.79 Å². The van der Waals surface area contributed by atoms with Gasteiger partial charge in [-0.05, 0) is 20.8 Å². The lowest BCUT2D eigenvalue weighted by molar-refractivity contribution is -0.141. The predicted octanol–water partition coefficient (Wildman–Crippen LogP) is 0.760. The van der Waals surface area contributed by atoms with Gasteiger partial charge < -0.3 is 15.3 Å². The molecule has 2 amide bonds. The summed E-state index contributed by atoms with van der Waals surface area (Å²) in [6, 6.07) is -0.766. The third kappa shape index (κ3) is 4.22. The van der Waals surface area contributed by atoms with Gasteiger partial charge in [-0.15, -0.1) is 6.42 Å². The molecule has 0 spiro atoms. The van der Waals surface area contributed by atoms with Crippen molar-refractivity contribution in [3.05, 3.63) is 0 Å². The summed E-state index contributed by atoms with van der Waals surface area (Å²) in [6.45, 7) is 5.72. The van der Waals surface area contributed by atoms with E-state index in [0.717, 1.165) is 0 Å². The highest BCUT2D eigenvalue weighted by atomic mass is 16.4. The van der Waals surface area contributed by atoms with Gasteiger partial charge in [0, 0.05) is 12.6 Å². The first-order valence-electron chi connectivity index (χ1n) is 5.15. The molecule has 2 N–H and O–H groups in total. The van der Waals surface area contributed by atoms with Crippen LogP contribution >= 0.6 is 0 Å². The van der Waals surface area contributed by atoms with Crippen molar-refractivity contribution in [1.29, 1.82) is 0 Å². The van der Waals surface area contributed by atoms with Crippen molar-refractivity contribution in [2.45, 2.75) is 26.8 Å². The smallest absolute Gasteiger partial charge is 0.318 e. The summed E-state index contributed by atoms with van der Waals surface area (Å²) in [6.07, 6.45) is 5.12. The van der Waals surface area contributed by atoms with Crippen LogP contribution in [0.25, 0.3) is 0 Å². The zero-order chi connectivity index (χ0) is 12.7. The minimum Gasteiger partial charge on any atom is -0.481 e. The first-order valence-corrected chi connectivity index (χ1v) is 5.15. The van der Waals surface area contributed by atoms with E-state index in [0.29, 0.717) is 6.54 Å². The van der Waals surface area contributed by atoms with Crippen molar-refractivity contribution in [2.75, 3.05) is 13.1 Å². The summed E-state index contributed by atoms with van der Waals surface area (Å²) in [5.41, 5.74) is 0. The lowest BCUT2D eigenvalue weighted by Crippen LogP contribution is -2.47. The van der Waals surface area contributed by atoms with Gasteiger partial charge in [0.25, 0.3) is 0 Å². The molecule has 16 heavy (non-hydrogen) atoms. The average molecular weight is 226 g/mol. The number of carbonyl (C=O) groups excluding carboxylic acids is 1. The number of rotatable bonds is 5. The Balaban J connectivity index is 4.33. The van der Waals surface area contributed by atoms with Crippen LogP contribution in [0.5, 0.6) is 0 Å². The fraction of sp³-hybridized carbons (Fsp3) is 0.636. The number of aliphatic carboxylic acids is 1. The second-order valence-electron chi connectivity index (χ2n) is 3.58. The number of nitrogens with zero attached hydrogens (tertiary/aromatic N) is 1. The monoisotopic (exact) mass is 226 g/mol. The summed E-state index contributed by atoms with van der Waals surface area (Å²) in [5, 5.41) is 11.4. The van der Waals surface area contributed by atoms with Crippen molar-refractivity contribution < 1.29 is 14.7 Å². The van der Waals surface area contributed by atoms with E-state index in [1.54, 1.807) is 13.8 Å². The molecule has 0 fully saturated rings. The van der Waals surface area contributed by atoms with Crippen molar-refractivity contribution in [2.24, 2.45) is 5.92 Å². The van der Waals surface area contributed by atoms with Crippen molar-refractivity contribution >= 4 is 12.0 Å². The number of nitrogens with one attached hydrogen (secondary N) is 1. The summed E-state index contributed by atoms with van der Waals surface area (Å²) in [5.74, 6) is 0.805. The second kappa shape index (κ2) is 6.72. The minimum atomic E-state index is -0.937. The molecule has 0 heterocycles. The molecule has 5 heteroatoms. The Hall–Kier alpha value is -1.70. The van der Waals surface area contributed by atoms with E-state index in [-0.39, 0.29) is 12.6 Å². The fourth-order valence-electron chi connectivity index (χ4n) is 1.06. The lowest BCUT2D eigenvalue weighted by Gasteiger charge is -2.23. The van der Waals surface area contributed by atoms with Crippen molar-refractivity contribution in [3.63, 3.8) is 0 Å². The average Bonchev–Trinajstić information content (AvgIpc) is 2.24. The number of terminal acetylenes is 1. The van der Waals surface area contributed by atoms with Gasteiger partial charge in [0.1, 0.15) is 0 Å². The fourth-order valence-corrected chi connectivity index (χ4v) is 1.06. The number of carboxylic acids is 1. The Morgan fingerprint density at radius 1 is 1.50 bits per heavy atom. The highest BCUT2D eigenvalue weighted by Gasteiger charge is 2.22. The van der Waals surface area contributed by atoms with Crippen LogP contribution < -0.4 is 5.32 Å². The van der Waals surface area contributed by atoms with E-state index in [2.05, 4.69) is 11.2 Å². The van der Waals surface area contributed by atoms with Crippen LogP contribution in [-0.2, 0) is 4.79 Å². The van der Waals surface area contributed by atoms with Gasteiger partial charge in [-0.1, -0.05) is 5.92 Å². The maximum atomic E-state index is 11.6. The van der Waals surface area contributed by atoms with Crippen LogP contribution in [0.2, 0.25) is 0 Å². The van der Waals surface area contributed by atoms with Gasteiger partial charge in [-0.2, -0.15) is 0 Å². The quantitative estimate of drug-likeness (QED) is 0.680. The van der Waals surface area contributed by atoms with Gasteiger partial charge in [0.05, 0.1) is 12.5 Å². The molecule has 90 valence electrons. The number of urea groups is 1. The van der Waals surface area contributed by atoms with Crippen LogP contribution in [0, 0.1) is 18.3 Å². The number of amides is 2. The predicted molar refractivity (Wildman–Crippen MR) is 60.9 cm³/mol. The molecule has 0 aliphatic rings. The summed E-state index contributed by atoms with van der Waals surface area (Å²) >= 11 is 0. The van der Waals surface area contributed by atoms with Crippen LogP contribution in [0.4, 0.5) is 4.79 Å². The highest BCUT2D eigenvalue weighted by Crippen LogP contribution is 2.03.